The molecule has 0 aliphatic heterocycles. The maximum atomic E-state index is 10.3. The molecule has 0 saturated heterocycles. The van der Waals surface area contributed by atoms with Gasteiger partial charge in [-0.25, -0.2) is 0 Å². The zero-order valence-corrected chi connectivity index (χ0v) is 8.00. The molecule has 1 rings (SSSR count). The summed E-state index contributed by atoms with van der Waals surface area (Å²) in [5.41, 5.74) is 6.40. The molecular formula is C8H10N2O2S. The average molecular weight is 198 g/mol. The average Bonchev–Trinajstić information content (AvgIpc) is 2.52. The Bertz CT molecular complexity index is 344. The summed E-state index contributed by atoms with van der Waals surface area (Å²) in [7, 11) is 0. The Morgan fingerprint density at radius 1 is 1.77 bits per heavy atom. The molecule has 4 nitrogen and oxygen atoms in total. The predicted molar refractivity (Wildman–Crippen MR) is 53.7 cm³/mol. The van der Waals surface area contributed by atoms with Gasteiger partial charge < -0.3 is 5.73 Å². The molecule has 0 radical (unpaired) electrons. The summed E-state index contributed by atoms with van der Waals surface area (Å²) in [5.74, 6) is 0. The first kappa shape index (κ1) is 9.88. The Labute approximate surface area is 79.8 Å². The highest BCUT2D eigenvalue weighted by atomic mass is 32.1. The van der Waals surface area contributed by atoms with E-state index in [4.69, 9.17) is 5.73 Å². The van der Waals surface area contributed by atoms with Crippen LogP contribution in [-0.4, -0.2) is 11.5 Å². The number of nitro groups is 1. The summed E-state index contributed by atoms with van der Waals surface area (Å²) in [6.45, 7) is 2.37. The maximum absolute atomic E-state index is 10.3. The van der Waals surface area contributed by atoms with Crippen LogP contribution in [0.15, 0.2) is 17.7 Å². The molecule has 2 N–H and O–H groups in total. The largest absolute Gasteiger partial charge is 0.327 e. The number of thiophene rings is 1. The topological polar surface area (TPSA) is 69.2 Å². The SMILES string of the molecule is C/C(=C/c1ccc([N+](=O)[O-])s1)CN. The standard InChI is InChI=1S/C8H10N2O2S/c1-6(5-9)4-7-2-3-8(13-7)10(11)12/h2-4H,5,9H2,1H3/b6-4-. The molecule has 70 valence electrons. The number of hydrogen-bond donors (Lipinski definition) is 1. The molecule has 0 aliphatic rings. The molecular weight excluding hydrogens is 188 g/mol. The fourth-order valence-corrected chi connectivity index (χ4v) is 1.67. The van der Waals surface area contributed by atoms with Crippen molar-refractivity contribution < 1.29 is 4.92 Å². The van der Waals surface area contributed by atoms with Crippen molar-refractivity contribution in [2.45, 2.75) is 6.92 Å². The summed E-state index contributed by atoms with van der Waals surface area (Å²) < 4.78 is 0. The minimum atomic E-state index is -0.389. The second-order valence-corrected chi connectivity index (χ2v) is 3.72. The van der Waals surface area contributed by atoms with Crippen LogP contribution in [0.25, 0.3) is 6.08 Å². The van der Waals surface area contributed by atoms with E-state index in [1.165, 1.54) is 6.07 Å². The summed E-state index contributed by atoms with van der Waals surface area (Å²) in [6, 6.07) is 3.22. The first-order valence-corrected chi connectivity index (χ1v) is 4.56. The molecule has 0 aromatic carbocycles. The third-order valence-electron chi connectivity index (χ3n) is 1.50. The van der Waals surface area contributed by atoms with Crippen LogP contribution in [0, 0.1) is 10.1 Å². The summed E-state index contributed by atoms with van der Waals surface area (Å²) in [4.78, 5) is 10.8. The highest BCUT2D eigenvalue weighted by Gasteiger charge is 2.07. The number of nitrogens with two attached hydrogens (primary N) is 1. The van der Waals surface area contributed by atoms with E-state index in [9.17, 15) is 10.1 Å². The Balaban J connectivity index is 2.86. The Morgan fingerprint density at radius 2 is 2.46 bits per heavy atom. The van der Waals surface area contributed by atoms with Gasteiger partial charge in [-0.05, 0) is 19.1 Å². The highest BCUT2D eigenvalue weighted by Crippen LogP contribution is 2.25. The number of nitrogens with zero attached hydrogens (tertiary/aromatic N) is 1. The van der Waals surface area contributed by atoms with Gasteiger partial charge in [0.2, 0.25) is 0 Å². The van der Waals surface area contributed by atoms with Crippen LogP contribution >= 0.6 is 11.3 Å². The van der Waals surface area contributed by atoms with Crippen molar-refractivity contribution in [3.63, 3.8) is 0 Å². The van der Waals surface area contributed by atoms with Crippen molar-refractivity contribution in [2.24, 2.45) is 5.73 Å². The van der Waals surface area contributed by atoms with E-state index in [-0.39, 0.29) is 9.92 Å². The molecule has 0 saturated carbocycles. The molecule has 0 aliphatic carbocycles. The molecule has 0 amide bonds. The molecule has 0 atom stereocenters. The Morgan fingerprint density at radius 3 is 2.92 bits per heavy atom. The minimum absolute atomic E-state index is 0.163. The monoisotopic (exact) mass is 198 g/mol. The second kappa shape index (κ2) is 4.15. The third kappa shape index (κ3) is 2.64. The lowest BCUT2D eigenvalue weighted by Gasteiger charge is -1.91. The summed E-state index contributed by atoms with van der Waals surface area (Å²) >= 11 is 1.15. The van der Waals surface area contributed by atoms with Crippen molar-refractivity contribution in [1.82, 2.24) is 0 Å². The van der Waals surface area contributed by atoms with Gasteiger partial charge in [0, 0.05) is 17.5 Å². The molecule has 0 spiro atoms. The second-order valence-electron chi connectivity index (χ2n) is 2.63. The van der Waals surface area contributed by atoms with Crippen LogP contribution in [0.4, 0.5) is 5.00 Å². The molecule has 1 aromatic rings. The fourth-order valence-electron chi connectivity index (χ4n) is 0.820. The highest BCUT2D eigenvalue weighted by molar-refractivity contribution is 7.16. The van der Waals surface area contributed by atoms with Crippen LogP contribution in [0.5, 0.6) is 0 Å². The van der Waals surface area contributed by atoms with Gasteiger partial charge in [0.15, 0.2) is 0 Å². The van der Waals surface area contributed by atoms with E-state index in [0.29, 0.717) is 6.54 Å². The van der Waals surface area contributed by atoms with Crippen molar-refractivity contribution in [2.75, 3.05) is 6.54 Å². The minimum Gasteiger partial charge on any atom is -0.327 e. The van der Waals surface area contributed by atoms with Crippen molar-refractivity contribution in [3.05, 3.63) is 32.7 Å². The fraction of sp³-hybridized carbons (Fsp3) is 0.250. The molecule has 0 bridgehead atoms. The quantitative estimate of drug-likeness (QED) is 0.596. The van der Waals surface area contributed by atoms with E-state index in [1.807, 2.05) is 13.0 Å². The van der Waals surface area contributed by atoms with Gasteiger partial charge in [0.25, 0.3) is 0 Å². The van der Waals surface area contributed by atoms with Gasteiger partial charge in [-0.3, -0.25) is 10.1 Å². The third-order valence-corrected chi connectivity index (χ3v) is 2.49. The lowest BCUT2D eigenvalue weighted by molar-refractivity contribution is -0.380. The molecule has 1 heterocycles. The first-order valence-electron chi connectivity index (χ1n) is 3.75. The smallest absolute Gasteiger partial charge is 0.324 e. The van der Waals surface area contributed by atoms with Crippen LogP contribution in [0.2, 0.25) is 0 Å². The first-order chi connectivity index (χ1) is 6.13. The molecule has 13 heavy (non-hydrogen) atoms. The molecule has 5 heteroatoms. The van der Waals surface area contributed by atoms with Gasteiger partial charge in [-0.15, -0.1) is 0 Å². The lowest BCUT2D eigenvalue weighted by atomic mass is 10.2. The van der Waals surface area contributed by atoms with Crippen LogP contribution in [0.1, 0.15) is 11.8 Å². The molecule has 0 unspecified atom stereocenters. The number of rotatable bonds is 3. The molecule has 1 aromatic heterocycles. The molecule has 0 fully saturated rings. The Kier molecular flexibility index (Phi) is 3.16. The van der Waals surface area contributed by atoms with Gasteiger partial charge in [0.1, 0.15) is 0 Å². The van der Waals surface area contributed by atoms with Gasteiger partial charge >= 0.3 is 5.00 Å². The zero-order chi connectivity index (χ0) is 9.84. The van der Waals surface area contributed by atoms with Crippen molar-refractivity contribution >= 4 is 22.4 Å². The number of hydrogen-bond acceptors (Lipinski definition) is 4. The van der Waals surface area contributed by atoms with Crippen LogP contribution < -0.4 is 5.73 Å². The van der Waals surface area contributed by atoms with Gasteiger partial charge in [-0.2, -0.15) is 0 Å². The van der Waals surface area contributed by atoms with E-state index in [0.717, 1.165) is 21.8 Å². The van der Waals surface area contributed by atoms with E-state index >= 15 is 0 Å². The summed E-state index contributed by atoms with van der Waals surface area (Å²) in [5, 5.41) is 10.5. The lowest BCUT2D eigenvalue weighted by Crippen LogP contribution is -1.98. The zero-order valence-electron chi connectivity index (χ0n) is 7.19. The van der Waals surface area contributed by atoms with E-state index in [2.05, 4.69) is 0 Å². The van der Waals surface area contributed by atoms with Crippen molar-refractivity contribution in [1.29, 1.82) is 0 Å². The van der Waals surface area contributed by atoms with Crippen LogP contribution in [-0.2, 0) is 0 Å². The normalized spacial score (nSPS) is 11.7. The van der Waals surface area contributed by atoms with Gasteiger partial charge in [-0.1, -0.05) is 16.9 Å². The van der Waals surface area contributed by atoms with Crippen LogP contribution in [0.3, 0.4) is 0 Å². The Hall–Kier alpha value is -1.20. The van der Waals surface area contributed by atoms with E-state index < -0.39 is 0 Å². The van der Waals surface area contributed by atoms with Gasteiger partial charge in [0.05, 0.1) is 4.92 Å². The van der Waals surface area contributed by atoms with E-state index in [1.54, 1.807) is 6.07 Å². The maximum Gasteiger partial charge on any atom is 0.324 e. The van der Waals surface area contributed by atoms with Crippen molar-refractivity contribution in [3.8, 4) is 0 Å². The summed E-state index contributed by atoms with van der Waals surface area (Å²) in [6.07, 6.45) is 1.86. The predicted octanol–water partition coefficient (Wildman–Crippen LogP) is 2.02.